The largest absolute Gasteiger partial charge is 0.507 e. The van der Waals surface area contributed by atoms with Gasteiger partial charge in [0.05, 0.1) is 5.57 Å². The molecule has 1 N–H and O–H groups in total. The molecule has 0 radical (unpaired) electrons. The summed E-state index contributed by atoms with van der Waals surface area (Å²) in [7, 11) is 0. The summed E-state index contributed by atoms with van der Waals surface area (Å²) >= 11 is 3.99. The van der Waals surface area contributed by atoms with Crippen molar-refractivity contribution < 1.29 is 19.1 Å². The maximum atomic E-state index is 13.3. The van der Waals surface area contributed by atoms with Gasteiger partial charge >= 0.3 is 5.91 Å². The van der Waals surface area contributed by atoms with Crippen LogP contribution in [0.4, 0.5) is 9.52 Å². The Balaban J connectivity index is 1.52. The third-order valence-corrected chi connectivity index (χ3v) is 8.83. The quantitative estimate of drug-likeness (QED) is 0.103. The number of ketones is 1. The number of rotatable bonds is 6. The number of Topliss-reactive ketones (excluding diaryl/α,β-unsaturated/α-hetero) is 1. The lowest BCUT2D eigenvalue weighted by Crippen LogP contribution is -2.29. The summed E-state index contributed by atoms with van der Waals surface area (Å²) in [6, 6.07) is 14.7. The van der Waals surface area contributed by atoms with Crippen LogP contribution in [0.25, 0.3) is 5.76 Å². The van der Waals surface area contributed by atoms with Gasteiger partial charge in [-0.2, -0.15) is 0 Å². The van der Waals surface area contributed by atoms with Crippen molar-refractivity contribution in [3.63, 3.8) is 0 Å². The highest BCUT2D eigenvalue weighted by Crippen LogP contribution is 2.45. The summed E-state index contributed by atoms with van der Waals surface area (Å²) in [6.07, 6.45) is 0. The van der Waals surface area contributed by atoms with E-state index >= 15 is 0 Å². The van der Waals surface area contributed by atoms with E-state index < -0.39 is 17.7 Å². The molecule has 0 bridgehead atoms. The van der Waals surface area contributed by atoms with Crippen molar-refractivity contribution in [1.82, 2.24) is 10.2 Å². The summed E-state index contributed by atoms with van der Waals surface area (Å²) in [5.41, 5.74) is 3.19. The van der Waals surface area contributed by atoms with Gasteiger partial charge in [-0.1, -0.05) is 59.0 Å². The molecule has 1 unspecified atom stereocenters. The van der Waals surface area contributed by atoms with Gasteiger partial charge in [0.15, 0.2) is 4.34 Å². The SMILES string of the molecule is Cc1ccc(C)c(C(O)=C2C(=O)C(=O)N(c3nnc(SCc4ccc(F)cc4)s3)C2c2cccs2)c1. The van der Waals surface area contributed by atoms with Crippen LogP contribution in [-0.2, 0) is 15.3 Å². The number of nitrogens with zero attached hydrogens (tertiary/aromatic N) is 3. The molecule has 1 aliphatic heterocycles. The highest BCUT2D eigenvalue weighted by Gasteiger charge is 2.49. The number of benzene rings is 2. The van der Waals surface area contributed by atoms with Gasteiger partial charge in [0.2, 0.25) is 5.13 Å². The Labute approximate surface area is 219 Å². The fourth-order valence-corrected chi connectivity index (χ4v) is 6.61. The van der Waals surface area contributed by atoms with E-state index in [0.717, 1.165) is 21.6 Å². The smallest absolute Gasteiger partial charge is 0.301 e. The molecule has 6 nitrogen and oxygen atoms in total. The van der Waals surface area contributed by atoms with Gasteiger partial charge in [-0.25, -0.2) is 4.39 Å². The number of aryl methyl sites for hydroxylation is 2. The zero-order valence-electron chi connectivity index (χ0n) is 19.3. The van der Waals surface area contributed by atoms with Gasteiger partial charge in [0, 0.05) is 16.2 Å². The van der Waals surface area contributed by atoms with Gasteiger partial charge in [0.25, 0.3) is 5.78 Å². The van der Waals surface area contributed by atoms with Crippen LogP contribution in [0.5, 0.6) is 0 Å². The second-order valence-corrected chi connectivity index (χ2v) is 11.4. The molecule has 0 spiro atoms. The minimum atomic E-state index is -0.812. The summed E-state index contributed by atoms with van der Waals surface area (Å²) in [5, 5.41) is 21.8. The van der Waals surface area contributed by atoms with E-state index in [-0.39, 0.29) is 22.3 Å². The lowest BCUT2D eigenvalue weighted by Gasteiger charge is -2.21. The summed E-state index contributed by atoms with van der Waals surface area (Å²) in [5.74, 6) is -1.47. The molecule has 2 aromatic heterocycles. The van der Waals surface area contributed by atoms with Gasteiger partial charge in [-0.15, -0.1) is 21.5 Å². The number of halogens is 1. The Morgan fingerprint density at radius 2 is 1.89 bits per heavy atom. The number of amides is 1. The van der Waals surface area contributed by atoms with E-state index in [9.17, 15) is 19.1 Å². The monoisotopic (exact) mass is 537 g/mol. The van der Waals surface area contributed by atoms with E-state index in [1.807, 2.05) is 43.5 Å². The first-order valence-corrected chi connectivity index (χ1v) is 13.6. The molecule has 1 saturated heterocycles. The van der Waals surface area contributed by atoms with Crippen LogP contribution in [0.3, 0.4) is 0 Å². The number of carbonyl (C=O) groups is 2. The molecular formula is C26H20FN3O3S3. The molecule has 2 aromatic carbocycles. The molecule has 36 heavy (non-hydrogen) atoms. The van der Waals surface area contributed by atoms with Crippen LogP contribution < -0.4 is 4.90 Å². The minimum absolute atomic E-state index is 0.0341. The molecule has 1 amide bonds. The number of aliphatic hydroxyl groups is 1. The summed E-state index contributed by atoms with van der Waals surface area (Å²) in [6.45, 7) is 3.75. The molecule has 5 rings (SSSR count). The molecule has 1 aliphatic rings. The molecule has 1 fully saturated rings. The maximum Gasteiger partial charge on any atom is 0.301 e. The van der Waals surface area contributed by atoms with Crippen LogP contribution in [-0.4, -0.2) is 27.0 Å². The highest BCUT2D eigenvalue weighted by atomic mass is 32.2. The van der Waals surface area contributed by atoms with Crippen molar-refractivity contribution in [2.75, 3.05) is 4.90 Å². The zero-order chi connectivity index (χ0) is 25.4. The van der Waals surface area contributed by atoms with Gasteiger partial charge in [-0.3, -0.25) is 14.5 Å². The van der Waals surface area contributed by atoms with Crippen LogP contribution in [0.2, 0.25) is 0 Å². The number of aliphatic hydroxyl groups excluding tert-OH is 1. The van der Waals surface area contributed by atoms with Crippen molar-refractivity contribution in [3.05, 3.63) is 98.5 Å². The standard InChI is InChI=1S/C26H20FN3O3S3/c1-14-5-6-15(2)18(12-14)22(31)20-21(19-4-3-11-34-19)30(24(33)23(20)32)25-28-29-26(36-25)35-13-16-7-9-17(27)10-8-16/h3-12,21,31H,13H2,1-2H3. The first-order valence-electron chi connectivity index (χ1n) is 11.0. The molecule has 0 aliphatic carbocycles. The second-order valence-electron chi connectivity index (χ2n) is 8.27. The Bertz CT molecular complexity index is 1480. The van der Waals surface area contributed by atoms with Crippen LogP contribution in [0.15, 0.2) is 69.9 Å². The average molecular weight is 538 g/mol. The summed E-state index contributed by atoms with van der Waals surface area (Å²) < 4.78 is 13.8. The lowest BCUT2D eigenvalue weighted by atomic mass is 9.96. The molecule has 4 aromatic rings. The second kappa shape index (κ2) is 9.96. The lowest BCUT2D eigenvalue weighted by molar-refractivity contribution is -0.132. The first-order chi connectivity index (χ1) is 17.3. The fraction of sp³-hybridized carbons (Fsp3) is 0.154. The predicted molar refractivity (Wildman–Crippen MR) is 141 cm³/mol. The Morgan fingerprint density at radius 3 is 2.61 bits per heavy atom. The number of carbonyl (C=O) groups excluding carboxylic acids is 2. The Morgan fingerprint density at radius 1 is 1.11 bits per heavy atom. The average Bonchev–Trinajstić information content (AvgIpc) is 3.61. The van der Waals surface area contributed by atoms with Crippen LogP contribution in [0.1, 0.15) is 33.2 Å². The van der Waals surface area contributed by atoms with Crippen LogP contribution >= 0.6 is 34.4 Å². The van der Waals surface area contributed by atoms with Crippen molar-refractivity contribution in [2.45, 2.75) is 30.0 Å². The van der Waals surface area contributed by atoms with E-state index in [0.29, 0.717) is 15.7 Å². The normalized spacial score (nSPS) is 17.2. The topological polar surface area (TPSA) is 83.4 Å². The van der Waals surface area contributed by atoms with Crippen molar-refractivity contribution in [3.8, 4) is 0 Å². The Kier molecular flexibility index (Phi) is 6.74. The number of thioether (sulfide) groups is 1. The number of hydrogen-bond acceptors (Lipinski definition) is 8. The van der Waals surface area contributed by atoms with E-state index in [1.54, 1.807) is 18.2 Å². The van der Waals surface area contributed by atoms with E-state index in [4.69, 9.17) is 0 Å². The molecule has 182 valence electrons. The van der Waals surface area contributed by atoms with Crippen molar-refractivity contribution in [1.29, 1.82) is 0 Å². The molecule has 10 heteroatoms. The third kappa shape index (κ3) is 4.59. The number of hydrogen-bond donors (Lipinski definition) is 1. The van der Waals surface area contributed by atoms with Gasteiger partial charge in [-0.05, 0) is 54.6 Å². The number of anilines is 1. The molecule has 3 heterocycles. The van der Waals surface area contributed by atoms with Gasteiger partial charge in [0.1, 0.15) is 17.6 Å². The zero-order valence-corrected chi connectivity index (χ0v) is 21.7. The molecule has 1 atom stereocenters. The van der Waals surface area contributed by atoms with E-state index in [2.05, 4.69) is 10.2 Å². The minimum Gasteiger partial charge on any atom is -0.507 e. The summed E-state index contributed by atoms with van der Waals surface area (Å²) in [4.78, 5) is 28.6. The van der Waals surface area contributed by atoms with Crippen molar-refractivity contribution >= 4 is 57.0 Å². The molecule has 0 saturated carbocycles. The van der Waals surface area contributed by atoms with E-state index in [1.165, 1.54) is 51.5 Å². The molecular weight excluding hydrogens is 518 g/mol. The third-order valence-electron chi connectivity index (χ3n) is 5.78. The highest BCUT2D eigenvalue weighted by molar-refractivity contribution is 8.00. The van der Waals surface area contributed by atoms with Gasteiger partial charge < -0.3 is 5.11 Å². The Hall–Kier alpha value is -3.34. The van der Waals surface area contributed by atoms with Crippen LogP contribution in [0, 0.1) is 19.7 Å². The number of thiophene rings is 1. The fourth-order valence-electron chi connectivity index (χ4n) is 3.97. The maximum absolute atomic E-state index is 13.3. The predicted octanol–water partition coefficient (Wildman–Crippen LogP) is 6.27. The first kappa shape index (κ1) is 24.4. The number of aromatic nitrogens is 2. The van der Waals surface area contributed by atoms with Crippen molar-refractivity contribution in [2.24, 2.45) is 0 Å².